The van der Waals surface area contributed by atoms with Crippen molar-refractivity contribution in [3.63, 3.8) is 0 Å². The van der Waals surface area contributed by atoms with Crippen LogP contribution in [0.5, 0.6) is 11.6 Å². The first-order chi connectivity index (χ1) is 16.2. The molecular weight excluding hydrogens is 528 g/mol. The number of anilines is 1. The van der Waals surface area contributed by atoms with Crippen LogP contribution >= 0.6 is 23.2 Å². The lowest BCUT2D eigenvalue weighted by Gasteiger charge is -2.17. The third-order valence-corrected chi connectivity index (χ3v) is 6.79. The SMILES string of the molecule is CCc1cc(Cl)c(Cl)cc1Oc1nnc(C(F)(F)F)c(C)c1C(=O)Nc1cccc(S(C)(=N)=O)c1. The van der Waals surface area contributed by atoms with Crippen molar-refractivity contribution in [2.24, 2.45) is 0 Å². The topological polar surface area (TPSA) is 105 Å². The largest absolute Gasteiger partial charge is 0.437 e. The number of benzene rings is 2. The van der Waals surface area contributed by atoms with E-state index in [0.29, 0.717) is 12.0 Å². The van der Waals surface area contributed by atoms with Crippen LogP contribution in [0.3, 0.4) is 0 Å². The minimum absolute atomic E-state index is 0.119. The predicted molar refractivity (Wildman–Crippen MR) is 127 cm³/mol. The smallest absolute Gasteiger partial charge is 0.435 e. The summed E-state index contributed by atoms with van der Waals surface area (Å²) in [4.78, 5) is 13.3. The van der Waals surface area contributed by atoms with E-state index in [1.165, 1.54) is 42.7 Å². The van der Waals surface area contributed by atoms with E-state index in [1.807, 2.05) is 0 Å². The van der Waals surface area contributed by atoms with Crippen molar-refractivity contribution < 1.29 is 26.9 Å². The van der Waals surface area contributed by atoms with Gasteiger partial charge in [-0.2, -0.15) is 13.2 Å². The van der Waals surface area contributed by atoms with E-state index in [1.54, 1.807) is 6.92 Å². The third kappa shape index (κ3) is 6.03. The molecule has 1 amide bonds. The third-order valence-electron chi connectivity index (χ3n) is 4.91. The molecule has 13 heteroatoms. The molecule has 2 aromatic carbocycles. The number of hydrogen-bond donors (Lipinski definition) is 2. The van der Waals surface area contributed by atoms with Crippen molar-refractivity contribution in [2.75, 3.05) is 11.6 Å². The first-order valence-corrected chi connectivity index (χ1v) is 12.7. The zero-order valence-corrected chi connectivity index (χ0v) is 20.9. The molecule has 1 unspecified atom stereocenters. The van der Waals surface area contributed by atoms with E-state index in [4.69, 9.17) is 32.7 Å². The van der Waals surface area contributed by atoms with Crippen LogP contribution in [0.4, 0.5) is 18.9 Å². The lowest BCUT2D eigenvalue weighted by Crippen LogP contribution is -2.21. The number of aryl methyl sites for hydroxylation is 1. The molecule has 2 N–H and O–H groups in total. The molecule has 3 rings (SSSR count). The average molecular weight is 547 g/mol. The second kappa shape index (κ2) is 10.00. The van der Waals surface area contributed by atoms with E-state index in [-0.39, 0.29) is 26.4 Å². The molecule has 3 aromatic rings. The van der Waals surface area contributed by atoms with Crippen LogP contribution < -0.4 is 10.1 Å². The predicted octanol–water partition coefficient (Wildman–Crippen LogP) is 6.75. The number of carbonyl (C=O) groups excluding carboxylic acids is 1. The van der Waals surface area contributed by atoms with Crippen LogP contribution in [0.15, 0.2) is 41.3 Å². The molecule has 0 saturated carbocycles. The van der Waals surface area contributed by atoms with Crippen LogP contribution in [-0.4, -0.2) is 26.6 Å². The summed E-state index contributed by atoms with van der Waals surface area (Å²) in [5.41, 5.74) is -1.67. The number of nitrogens with one attached hydrogen (secondary N) is 2. The van der Waals surface area contributed by atoms with E-state index in [0.717, 1.165) is 6.92 Å². The van der Waals surface area contributed by atoms with Gasteiger partial charge in [0.05, 0.1) is 19.8 Å². The van der Waals surface area contributed by atoms with Gasteiger partial charge in [-0.25, -0.2) is 8.99 Å². The van der Waals surface area contributed by atoms with E-state index in [2.05, 4.69) is 15.5 Å². The Labute approximate surface area is 209 Å². The normalized spacial score (nSPS) is 13.3. The molecular formula is C22H19Cl2F3N4O3S. The Morgan fingerprint density at radius 1 is 1.17 bits per heavy atom. The highest BCUT2D eigenvalue weighted by atomic mass is 35.5. The molecule has 0 aliphatic rings. The lowest BCUT2D eigenvalue weighted by molar-refractivity contribution is -0.142. The van der Waals surface area contributed by atoms with Gasteiger partial charge >= 0.3 is 6.18 Å². The van der Waals surface area contributed by atoms with Gasteiger partial charge in [0, 0.05) is 22.9 Å². The number of aromatic nitrogens is 2. The van der Waals surface area contributed by atoms with Gasteiger partial charge in [0.15, 0.2) is 5.69 Å². The number of nitrogens with zero attached hydrogens (tertiary/aromatic N) is 2. The van der Waals surface area contributed by atoms with Crippen LogP contribution in [-0.2, 0) is 22.3 Å². The Bertz CT molecular complexity index is 1410. The lowest BCUT2D eigenvalue weighted by atomic mass is 10.1. The fourth-order valence-corrected chi connectivity index (χ4v) is 4.19. The summed E-state index contributed by atoms with van der Waals surface area (Å²) >= 11 is 12.1. The number of ether oxygens (including phenoxy) is 1. The minimum Gasteiger partial charge on any atom is -0.437 e. The zero-order chi connectivity index (χ0) is 26.1. The average Bonchev–Trinajstić information content (AvgIpc) is 2.74. The molecule has 0 saturated heterocycles. The van der Waals surface area contributed by atoms with Gasteiger partial charge in [0.2, 0.25) is 0 Å². The van der Waals surface area contributed by atoms with Gasteiger partial charge in [-0.1, -0.05) is 36.2 Å². The highest BCUT2D eigenvalue weighted by molar-refractivity contribution is 7.91. The minimum atomic E-state index is -4.87. The Morgan fingerprint density at radius 3 is 2.43 bits per heavy atom. The summed E-state index contributed by atoms with van der Waals surface area (Å²) in [6.07, 6.45) is -3.23. The van der Waals surface area contributed by atoms with Gasteiger partial charge in [0.25, 0.3) is 11.8 Å². The second-order valence-electron chi connectivity index (χ2n) is 7.51. The molecule has 1 atom stereocenters. The zero-order valence-electron chi connectivity index (χ0n) is 18.6. The summed E-state index contributed by atoms with van der Waals surface area (Å²) in [7, 11) is -3.09. The van der Waals surface area contributed by atoms with Gasteiger partial charge in [-0.3, -0.25) is 4.79 Å². The first-order valence-electron chi connectivity index (χ1n) is 9.97. The second-order valence-corrected chi connectivity index (χ2v) is 10.5. The quantitative estimate of drug-likeness (QED) is 0.355. The molecule has 0 radical (unpaired) electrons. The molecule has 186 valence electrons. The molecule has 7 nitrogen and oxygen atoms in total. The molecule has 1 heterocycles. The van der Waals surface area contributed by atoms with Crippen molar-refractivity contribution in [2.45, 2.75) is 31.3 Å². The summed E-state index contributed by atoms with van der Waals surface area (Å²) in [6.45, 7) is 2.88. The van der Waals surface area contributed by atoms with Crippen molar-refractivity contribution in [1.29, 1.82) is 4.78 Å². The van der Waals surface area contributed by atoms with E-state index in [9.17, 15) is 22.2 Å². The maximum Gasteiger partial charge on any atom is 0.435 e. The van der Waals surface area contributed by atoms with Gasteiger partial charge < -0.3 is 10.1 Å². The first kappa shape index (κ1) is 26.7. The summed E-state index contributed by atoms with van der Waals surface area (Å²) in [5.74, 6) is -1.30. The van der Waals surface area contributed by atoms with E-state index >= 15 is 0 Å². The maximum absolute atomic E-state index is 13.5. The Hall–Kier alpha value is -2.89. The number of halogens is 5. The van der Waals surface area contributed by atoms with Crippen LogP contribution in [0, 0.1) is 11.7 Å². The molecule has 0 aliphatic carbocycles. The highest BCUT2D eigenvalue weighted by Crippen LogP contribution is 2.37. The number of alkyl halides is 3. The molecule has 0 bridgehead atoms. The summed E-state index contributed by atoms with van der Waals surface area (Å²) in [5, 5.41) is 9.63. The van der Waals surface area contributed by atoms with Crippen molar-refractivity contribution in [1.82, 2.24) is 10.2 Å². The fraction of sp³-hybridized carbons (Fsp3) is 0.227. The molecule has 0 aliphatic heterocycles. The van der Waals surface area contributed by atoms with Crippen molar-refractivity contribution >= 4 is 44.5 Å². The van der Waals surface area contributed by atoms with Crippen LogP contribution in [0.1, 0.15) is 34.1 Å². The van der Waals surface area contributed by atoms with E-state index < -0.39 is 44.5 Å². The molecule has 35 heavy (non-hydrogen) atoms. The van der Waals surface area contributed by atoms with Gasteiger partial charge in [0.1, 0.15) is 11.3 Å². The fourth-order valence-electron chi connectivity index (χ4n) is 3.16. The Kier molecular flexibility index (Phi) is 7.63. The number of amides is 1. The number of hydrogen-bond acceptors (Lipinski definition) is 6. The van der Waals surface area contributed by atoms with Crippen molar-refractivity contribution in [3.8, 4) is 11.6 Å². The van der Waals surface area contributed by atoms with Gasteiger partial charge in [-0.15, -0.1) is 10.2 Å². The standard InChI is InChI=1S/C22H19Cl2F3N4O3S/c1-4-12-8-15(23)16(24)10-17(12)34-21-18(11(2)19(30-31-21)22(25,26)27)20(32)29-13-6-5-7-14(9-13)35(3,28)33/h5-10,28H,4H2,1-3H3,(H,29,32). The molecule has 0 spiro atoms. The molecule has 0 fully saturated rings. The summed E-state index contributed by atoms with van der Waals surface area (Å²) < 4.78 is 66.0. The Balaban J connectivity index is 2.12. The van der Waals surface area contributed by atoms with Gasteiger partial charge in [-0.05, 0) is 48.7 Å². The Morgan fingerprint density at radius 2 is 1.83 bits per heavy atom. The van der Waals surface area contributed by atoms with Crippen LogP contribution in [0.2, 0.25) is 10.0 Å². The highest BCUT2D eigenvalue weighted by Gasteiger charge is 2.38. The monoisotopic (exact) mass is 546 g/mol. The summed E-state index contributed by atoms with van der Waals surface area (Å²) in [6, 6.07) is 8.55. The molecule has 1 aromatic heterocycles. The van der Waals surface area contributed by atoms with Crippen molar-refractivity contribution in [3.05, 3.63) is 68.8 Å². The number of carbonyl (C=O) groups is 1. The van der Waals surface area contributed by atoms with Crippen LogP contribution in [0.25, 0.3) is 0 Å². The number of rotatable bonds is 6. The maximum atomic E-state index is 13.5.